The SMILES string of the molecule is O=C1C(Cc2ccccc2N2CCNCC2)CCN1c1ccc(N2CCCCC2)nc1. The first-order valence-corrected chi connectivity index (χ1v) is 11.9. The molecule has 4 heterocycles. The van der Waals surface area contributed by atoms with Crippen molar-refractivity contribution in [3.05, 3.63) is 48.2 Å². The molecule has 1 aromatic heterocycles. The van der Waals surface area contributed by atoms with Crippen molar-refractivity contribution >= 4 is 23.1 Å². The lowest BCUT2D eigenvalue weighted by atomic mass is 9.96. The van der Waals surface area contributed by atoms with E-state index < -0.39 is 0 Å². The Labute approximate surface area is 185 Å². The Balaban J connectivity index is 1.26. The number of aromatic nitrogens is 1. The summed E-state index contributed by atoms with van der Waals surface area (Å²) in [5.41, 5.74) is 3.52. The van der Waals surface area contributed by atoms with Gasteiger partial charge in [0.05, 0.1) is 11.9 Å². The molecule has 0 radical (unpaired) electrons. The van der Waals surface area contributed by atoms with Gasteiger partial charge in [-0.2, -0.15) is 0 Å². The maximum Gasteiger partial charge on any atom is 0.230 e. The number of anilines is 3. The lowest BCUT2D eigenvalue weighted by molar-refractivity contribution is -0.120. The van der Waals surface area contributed by atoms with E-state index >= 15 is 0 Å². The molecule has 3 saturated heterocycles. The molecule has 1 N–H and O–H groups in total. The lowest BCUT2D eigenvalue weighted by Gasteiger charge is -2.31. The van der Waals surface area contributed by atoms with E-state index in [9.17, 15) is 4.79 Å². The predicted molar refractivity (Wildman–Crippen MR) is 126 cm³/mol. The monoisotopic (exact) mass is 419 g/mol. The molecule has 3 aliphatic heterocycles. The van der Waals surface area contributed by atoms with Crippen molar-refractivity contribution < 1.29 is 4.79 Å². The molecule has 2 aromatic rings. The van der Waals surface area contributed by atoms with Gasteiger partial charge < -0.3 is 20.0 Å². The van der Waals surface area contributed by atoms with Gasteiger partial charge in [-0.15, -0.1) is 0 Å². The van der Waals surface area contributed by atoms with E-state index in [0.717, 1.165) is 70.2 Å². The first kappa shape index (κ1) is 20.3. The number of hydrogen-bond donors (Lipinski definition) is 1. The average molecular weight is 420 g/mol. The number of carbonyl (C=O) groups excluding carboxylic acids is 1. The largest absolute Gasteiger partial charge is 0.369 e. The molecule has 6 heteroatoms. The molecule has 5 rings (SSSR count). The van der Waals surface area contributed by atoms with Gasteiger partial charge in [-0.25, -0.2) is 4.98 Å². The number of nitrogens with one attached hydrogen (secondary N) is 1. The molecule has 3 aliphatic rings. The highest BCUT2D eigenvalue weighted by Gasteiger charge is 2.33. The third kappa shape index (κ3) is 4.40. The summed E-state index contributed by atoms with van der Waals surface area (Å²) in [5.74, 6) is 1.32. The average Bonchev–Trinajstić information content (AvgIpc) is 3.20. The number of nitrogens with zero attached hydrogens (tertiary/aromatic N) is 4. The predicted octanol–water partition coefficient (Wildman–Crippen LogP) is 3.08. The molecular formula is C25H33N5O. The Morgan fingerprint density at radius 3 is 2.48 bits per heavy atom. The van der Waals surface area contributed by atoms with Crippen LogP contribution in [0.4, 0.5) is 17.2 Å². The van der Waals surface area contributed by atoms with Gasteiger partial charge in [-0.3, -0.25) is 4.79 Å². The van der Waals surface area contributed by atoms with E-state index in [1.165, 1.54) is 30.5 Å². The summed E-state index contributed by atoms with van der Waals surface area (Å²) in [6.07, 6.45) is 7.41. The topological polar surface area (TPSA) is 51.7 Å². The molecule has 0 saturated carbocycles. The molecule has 0 spiro atoms. The van der Waals surface area contributed by atoms with Crippen LogP contribution in [0.25, 0.3) is 0 Å². The molecule has 1 atom stereocenters. The van der Waals surface area contributed by atoms with Crippen molar-refractivity contribution in [3.63, 3.8) is 0 Å². The molecule has 0 aliphatic carbocycles. The van der Waals surface area contributed by atoms with Gasteiger partial charge in [0.2, 0.25) is 5.91 Å². The molecule has 164 valence electrons. The lowest BCUT2D eigenvalue weighted by Crippen LogP contribution is -2.44. The highest BCUT2D eigenvalue weighted by molar-refractivity contribution is 5.97. The van der Waals surface area contributed by atoms with E-state index in [1.807, 2.05) is 11.1 Å². The maximum absolute atomic E-state index is 13.2. The Bertz CT molecular complexity index is 887. The number of para-hydroxylation sites is 1. The van der Waals surface area contributed by atoms with Gasteiger partial charge >= 0.3 is 0 Å². The van der Waals surface area contributed by atoms with Crippen LogP contribution in [0.2, 0.25) is 0 Å². The van der Waals surface area contributed by atoms with Crippen LogP contribution in [0.5, 0.6) is 0 Å². The van der Waals surface area contributed by atoms with Gasteiger partial charge in [0.15, 0.2) is 0 Å². The van der Waals surface area contributed by atoms with E-state index in [4.69, 9.17) is 0 Å². The summed E-state index contributed by atoms with van der Waals surface area (Å²) in [6, 6.07) is 12.8. The van der Waals surface area contributed by atoms with Crippen LogP contribution in [-0.4, -0.2) is 56.7 Å². The third-order valence-corrected chi connectivity index (χ3v) is 6.96. The van der Waals surface area contributed by atoms with Gasteiger partial charge in [-0.05, 0) is 55.9 Å². The number of amides is 1. The Morgan fingerprint density at radius 2 is 1.71 bits per heavy atom. The smallest absolute Gasteiger partial charge is 0.230 e. The minimum Gasteiger partial charge on any atom is -0.369 e. The Kier molecular flexibility index (Phi) is 6.07. The molecular weight excluding hydrogens is 386 g/mol. The summed E-state index contributed by atoms with van der Waals surface area (Å²) in [7, 11) is 0. The minimum atomic E-state index is 0.0471. The number of pyridine rings is 1. The van der Waals surface area contributed by atoms with Crippen molar-refractivity contribution in [1.82, 2.24) is 10.3 Å². The molecule has 1 amide bonds. The first-order chi connectivity index (χ1) is 15.3. The normalized spacial score (nSPS) is 22.3. The second kappa shape index (κ2) is 9.27. The minimum absolute atomic E-state index is 0.0471. The molecule has 3 fully saturated rings. The molecule has 31 heavy (non-hydrogen) atoms. The van der Waals surface area contributed by atoms with E-state index in [0.29, 0.717) is 0 Å². The second-order valence-corrected chi connectivity index (χ2v) is 8.97. The molecule has 6 nitrogen and oxygen atoms in total. The van der Waals surface area contributed by atoms with Crippen LogP contribution < -0.4 is 20.0 Å². The van der Waals surface area contributed by atoms with E-state index in [1.54, 1.807) is 0 Å². The Morgan fingerprint density at radius 1 is 0.903 bits per heavy atom. The van der Waals surface area contributed by atoms with Crippen molar-refractivity contribution in [2.75, 3.05) is 60.5 Å². The third-order valence-electron chi connectivity index (χ3n) is 6.96. The summed E-state index contributed by atoms with van der Waals surface area (Å²) < 4.78 is 0. The van der Waals surface area contributed by atoms with Crippen LogP contribution >= 0.6 is 0 Å². The molecule has 1 aromatic carbocycles. The number of piperazine rings is 1. The summed E-state index contributed by atoms with van der Waals surface area (Å²) in [5, 5.41) is 3.42. The van der Waals surface area contributed by atoms with Crippen LogP contribution in [0.15, 0.2) is 42.6 Å². The van der Waals surface area contributed by atoms with Gasteiger partial charge in [0, 0.05) is 57.4 Å². The Hall–Kier alpha value is -2.60. The second-order valence-electron chi connectivity index (χ2n) is 8.97. The van der Waals surface area contributed by atoms with Gasteiger partial charge in [0.25, 0.3) is 0 Å². The van der Waals surface area contributed by atoms with Crippen molar-refractivity contribution in [2.24, 2.45) is 5.92 Å². The molecule has 1 unspecified atom stereocenters. The van der Waals surface area contributed by atoms with Crippen molar-refractivity contribution in [3.8, 4) is 0 Å². The van der Waals surface area contributed by atoms with Gasteiger partial charge in [-0.1, -0.05) is 18.2 Å². The zero-order valence-corrected chi connectivity index (χ0v) is 18.3. The maximum atomic E-state index is 13.2. The fourth-order valence-corrected chi connectivity index (χ4v) is 5.20. The van der Waals surface area contributed by atoms with Crippen LogP contribution in [0.3, 0.4) is 0 Å². The summed E-state index contributed by atoms with van der Waals surface area (Å²) in [6.45, 7) is 7.04. The first-order valence-electron chi connectivity index (χ1n) is 11.9. The van der Waals surface area contributed by atoms with Gasteiger partial charge in [0.1, 0.15) is 5.82 Å². The van der Waals surface area contributed by atoms with E-state index in [-0.39, 0.29) is 11.8 Å². The zero-order chi connectivity index (χ0) is 21.0. The summed E-state index contributed by atoms with van der Waals surface area (Å²) >= 11 is 0. The number of piperidine rings is 1. The standard InChI is InChI=1S/C25H33N5O/c31-25-21(18-20-6-2-3-7-23(20)28-16-11-26-12-17-28)10-15-30(25)22-8-9-24(27-19-22)29-13-4-1-5-14-29/h2-3,6-9,19,21,26H,1,4-5,10-18H2. The highest BCUT2D eigenvalue weighted by atomic mass is 16.2. The number of hydrogen-bond acceptors (Lipinski definition) is 5. The zero-order valence-electron chi connectivity index (χ0n) is 18.3. The van der Waals surface area contributed by atoms with Crippen LogP contribution in [-0.2, 0) is 11.2 Å². The van der Waals surface area contributed by atoms with Crippen LogP contribution in [0.1, 0.15) is 31.2 Å². The number of benzene rings is 1. The molecule has 0 bridgehead atoms. The van der Waals surface area contributed by atoms with Crippen molar-refractivity contribution in [1.29, 1.82) is 0 Å². The number of rotatable bonds is 5. The highest BCUT2D eigenvalue weighted by Crippen LogP contribution is 2.31. The number of carbonyl (C=O) groups is 1. The fraction of sp³-hybridized carbons (Fsp3) is 0.520. The van der Waals surface area contributed by atoms with E-state index in [2.05, 4.69) is 56.5 Å². The fourth-order valence-electron chi connectivity index (χ4n) is 5.20. The summed E-state index contributed by atoms with van der Waals surface area (Å²) in [4.78, 5) is 24.7. The van der Waals surface area contributed by atoms with Crippen LogP contribution in [0, 0.1) is 5.92 Å². The van der Waals surface area contributed by atoms with Crippen molar-refractivity contribution in [2.45, 2.75) is 32.1 Å². The quantitative estimate of drug-likeness (QED) is 0.807.